The highest BCUT2D eigenvalue weighted by Crippen LogP contribution is 2.61. The Morgan fingerprint density at radius 2 is 1.72 bits per heavy atom. The Morgan fingerprint density at radius 3 is 2.47 bits per heavy atom. The number of ether oxygens (including phenoxy) is 3. The minimum absolute atomic E-state index is 0.00183. The van der Waals surface area contributed by atoms with Crippen LogP contribution in [0.1, 0.15) is 24.6 Å². The minimum atomic E-state index is -5.72. The van der Waals surface area contributed by atoms with Gasteiger partial charge in [-0.05, 0) is 37.5 Å². The first kappa shape index (κ1) is 44.9. The lowest BCUT2D eigenvalue weighted by Gasteiger charge is -2.38. The van der Waals surface area contributed by atoms with Gasteiger partial charge < -0.3 is 64.1 Å². The molecule has 4 heterocycles. The predicted molar refractivity (Wildman–Crippen MR) is 191 cm³/mol. The van der Waals surface area contributed by atoms with Gasteiger partial charge in [0.05, 0.1) is 12.8 Å². The van der Waals surface area contributed by atoms with Gasteiger partial charge in [-0.3, -0.25) is 28.2 Å². The van der Waals surface area contributed by atoms with E-state index in [1.54, 1.807) is 19.1 Å². The van der Waals surface area contributed by atoms with Crippen LogP contribution in [0.15, 0.2) is 60.5 Å². The van der Waals surface area contributed by atoms with Crippen molar-refractivity contribution in [1.82, 2.24) is 14.9 Å². The Balaban J connectivity index is 1.02. The number of oxime groups is 1. The van der Waals surface area contributed by atoms with Crippen LogP contribution < -0.4 is 26.9 Å². The molecule has 2 fully saturated rings. The van der Waals surface area contributed by atoms with E-state index in [9.17, 15) is 63.6 Å². The lowest BCUT2D eigenvalue weighted by Crippen LogP contribution is -2.58. The SMILES string of the molecule is Cc1cc(=O)oc2cc(OCC(=O)NCCCCO/N=C/[C@H]3OC(OP(=O)(O)OP(=O)(O)OC[C@H]4O[C@@H](n5ccc(=O)[nH]c5=O)[C@H](O)[C@@H]4O)[C@H](O)[C@@H](O)[C@H]3O)ccc12. The van der Waals surface area contributed by atoms with Crippen molar-refractivity contribution in [3.63, 3.8) is 0 Å². The number of H-pyrrole nitrogens is 1. The molecule has 320 valence electrons. The second-order valence-electron chi connectivity index (χ2n) is 12.8. The third-order valence-corrected chi connectivity index (χ3v) is 11.1. The van der Waals surface area contributed by atoms with Gasteiger partial charge in [0.1, 0.15) is 60.7 Å². The highest BCUT2D eigenvalue weighted by atomic mass is 31.3. The van der Waals surface area contributed by atoms with Crippen LogP contribution in [0.2, 0.25) is 0 Å². The molecule has 27 heteroatoms. The van der Waals surface area contributed by atoms with E-state index in [4.69, 9.17) is 23.5 Å². The summed E-state index contributed by atoms with van der Waals surface area (Å²) in [5, 5.41) is 58.4. The number of nitrogens with one attached hydrogen (secondary N) is 2. The van der Waals surface area contributed by atoms with Gasteiger partial charge in [0.25, 0.3) is 11.5 Å². The number of aromatic nitrogens is 2. The third-order valence-electron chi connectivity index (χ3n) is 8.47. The number of aliphatic hydroxyl groups excluding tert-OH is 5. The van der Waals surface area contributed by atoms with Gasteiger partial charge in [0, 0.05) is 36.3 Å². The summed E-state index contributed by atoms with van der Waals surface area (Å²) in [5.74, 6) is -0.0947. The molecule has 9 N–H and O–H groups in total. The van der Waals surface area contributed by atoms with Crippen molar-refractivity contribution in [2.45, 2.75) is 75.0 Å². The number of fused-ring (bicyclic) bond motifs is 1. The van der Waals surface area contributed by atoms with E-state index in [0.717, 1.165) is 29.4 Å². The number of hydrogen-bond donors (Lipinski definition) is 9. The number of nitrogens with zero attached hydrogens (tertiary/aromatic N) is 2. The molecular weight excluding hydrogens is 826 g/mol. The number of hydrogen-bond acceptors (Lipinski definition) is 20. The number of carbonyl (C=O) groups excluding carboxylic acids is 1. The normalized spacial score (nSPS) is 28.2. The maximum atomic E-state index is 12.6. The van der Waals surface area contributed by atoms with Crippen molar-refractivity contribution in [1.29, 1.82) is 0 Å². The number of rotatable bonds is 18. The molecule has 25 nitrogen and oxygen atoms in total. The second-order valence-corrected chi connectivity index (χ2v) is 15.8. The fourth-order valence-corrected chi connectivity index (χ4v) is 7.71. The van der Waals surface area contributed by atoms with E-state index in [2.05, 4.69) is 23.8 Å². The zero-order valence-corrected chi connectivity index (χ0v) is 31.9. The highest BCUT2D eigenvalue weighted by Gasteiger charge is 2.49. The van der Waals surface area contributed by atoms with Crippen LogP contribution in [0.3, 0.4) is 0 Å². The monoisotopic (exact) mass is 866 g/mol. The average molecular weight is 867 g/mol. The van der Waals surface area contributed by atoms with Crippen molar-refractivity contribution < 1.29 is 86.1 Å². The number of carbonyl (C=O) groups is 1. The van der Waals surface area contributed by atoms with Crippen LogP contribution in [0.5, 0.6) is 5.75 Å². The highest BCUT2D eigenvalue weighted by molar-refractivity contribution is 7.61. The molecule has 2 saturated heterocycles. The lowest BCUT2D eigenvalue weighted by molar-refractivity contribution is -0.259. The van der Waals surface area contributed by atoms with Crippen LogP contribution in [0, 0.1) is 6.92 Å². The number of amides is 1. The van der Waals surface area contributed by atoms with Crippen LogP contribution >= 0.6 is 15.6 Å². The van der Waals surface area contributed by atoms with Gasteiger partial charge in [-0.1, -0.05) is 5.16 Å². The number of aryl methyl sites for hydroxylation is 1. The summed E-state index contributed by atoms with van der Waals surface area (Å²) < 4.78 is 60.4. The smallest absolute Gasteiger partial charge is 0.483 e. The molecule has 2 aliphatic rings. The van der Waals surface area contributed by atoms with Crippen LogP contribution in [0.4, 0.5) is 0 Å². The molecule has 0 bridgehead atoms. The summed E-state index contributed by atoms with van der Waals surface area (Å²) in [6.07, 6.45) is -14.3. The average Bonchev–Trinajstić information content (AvgIpc) is 3.42. The zero-order valence-electron chi connectivity index (χ0n) is 30.1. The molecule has 1 amide bonds. The van der Waals surface area contributed by atoms with Crippen LogP contribution in [-0.2, 0) is 41.6 Å². The Kier molecular flexibility index (Phi) is 14.9. The molecule has 5 rings (SSSR count). The second kappa shape index (κ2) is 19.3. The topological polar surface area (TPSA) is 367 Å². The number of aromatic amines is 1. The van der Waals surface area contributed by atoms with Crippen LogP contribution in [-0.4, -0.2) is 132 Å². The molecule has 0 spiro atoms. The fourth-order valence-electron chi connectivity index (χ4n) is 5.55. The van der Waals surface area contributed by atoms with E-state index in [-0.39, 0.29) is 19.8 Å². The molecule has 0 aliphatic carbocycles. The minimum Gasteiger partial charge on any atom is -0.484 e. The zero-order chi connectivity index (χ0) is 42.4. The van der Waals surface area contributed by atoms with E-state index >= 15 is 0 Å². The van der Waals surface area contributed by atoms with E-state index in [0.29, 0.717) is 28.7 Å². The van der Waals surface area contributed by atoms with Crippen LogP contribution in [0.25, 0.3) is 11.0 Å². The number of phosphoric acid groups is 2. The first-order chi connectivity index (χ1) is 27.3. The fraction of sp³-hybridized carbons (Fsp3) is 0.516. The van der Waals surface area contributed by atoms with Crippen molar-refractivity contribution >= 4 is 38.7 Å². The molecule has 0 radical (unpaired) electrons. The third kappa shape index (κ3) is 11.7. The lowest BCUT2D eigenvalue weighted by atomic mass is 10.00. The number of aliphatic hydroxyl groups is 5. The summed E-state index contributed by atoms with van der Waals surface area (Å²) >= 11 is 0. The molecule has 0 saturated carbocycles. The maximum Gasteiger partial charge on any atom is 0.483 e. The van der Waals surface area contributed by atoms with Crippen molar-refractivity contribution in [3.8, 4) is 5.75 Å². The first-order valence-corrected chi connectivity index (χ1v) is 20.2. The first-order valence-electron chi connectivity index (χ1n) is 17.2. The summed E-state index contributed by atoms with van der Waals surface area (Å²) in [5.41, 5.74) is -1.23. The van der Waals surface area contributed by atoms with E-state index in [1.807, 2.05) is 4.98 Å². The maximum absolute atomic E-state index is 12.6. The molecule has 58 heavy (non-hydrogen) atoms. The van der Waals surface area contributed by atoms with Gasteiger partial charge in [0.15, 0.2) is 19.1 Å². The van der Waals surface area contributed by atoms with Crippen molar-refractivity contribution in [2.75, 3.05) is 26.4 Å². The van der Waals surface area contributed by atoms with E-state index < -0.39 is 100 Å². The predicted octanol–water partition coefficient (Wildman–Crippen LogP) is -2.39. The van der Waals surface area contributed by atoms with Gasteiger partial charge in [0.2, 0.25) is 0 Å². The Hall–Kier alpha value is -4.17. The molecule has 11 atom stereocenters. The van der Waals surface area contributed by atoms with Crippen molar-refractivity contribution in [2.24, 2.45) is 5.16 Å². The largest absolute Gasteiger partial charge is 0.484 e. The Labute approximate surface area is 325 Å². The number of benzene rings is 1. The molecule has 1 aromatic carbocycles. The number of phosphoric ester groups is 2. The molecule has 3 unspecified atom stereocenters. The van der Waals surface area contributed by atoms with Gasteiger partial charge in [-0.15, -0.1) is 0 Å². The quantitative estimate of drug-likeness (QED) is 0.0212. The Bertz CT molecular complexity index is 2210. The summed E-state index contributed by atoms with van der Waals surface area (Å²) in [6, 6.07) is 7.14. The van der Waals surface area contributed by atoms with Gasteiger partial charge in [-0.2, -0.15) is 4.31 Å². The molecule has 3 aromatic rings. The van der Waals surface area contributed by atoms with E-state index in [1.165, 1.54) is 12.1 Å². The molecule has 2 aliphatic heterocycles. The van der Waals surface area contributed by atoms with Crippen molar-refractivity contribution in [3.05, 3.63) is 73.4 Å². The standard InChI is InChI=1S/C31H40N4O21P2/c1-15-10-23(38)52-18-11-16(4-5-17(15)18)49-14-22(37)32-7-2-3-9-50-33-12-19-24(39)26(41)28(43)30(54-19)55-58(47,48)56-57(45,46)51-13-20-25(40)27(42)29(53-20)35-8-6-21(36)34-31(35)44/h4-6,8,10-12,19-20,24-30,39-43H,2-3,7,9,13-14H2,1H3,(H,32,37)(H,45,46)(H,47,48)(H,34,36,44)/b33-12+/t19-,20-,24+,25-,26+,27-,28-,29-,30?/m1/s1. The molecule has 2 aromatic heterocycles. The number of unbranched alkanes of at least 4 members (excludes halogenated alkanes) is 1. The summed E-state index contributed by atoms with van der Waals surface area (Å²) in [4.78, 5) is 74.3. The summed E-state index contributed by atoms with van der Waals surface area (Å²) in [6.45, 7) is 0.638. The van der Waals surface area contributed by atoms with Gasteiger partial charge >= 0.3 is 27.0 Å². The summed E-state index contributed by atoms with van der Waals surface area (Å²) in [7, 11) is -11.3. The Morgan fingerprint density at radius 1 is 0.966 bits per heavy atom. The molecular formula is C31H40N4O21P2. The van der Waals surface area contributed by atoms with Gasteiger partial charge in [-0.25, -0.2) is 18.7 Å².